The van der Waals surface area contributed by atoms with E-state index in [2.05, 4.69) is 5.32 Å². The summed E-state index contributed by atoms with van der Waals surface area (Å²) >= 11 is 0. The number of esters is 1. The van der Waals surface area contributed by atoms with E-state index in [1.54, 1.807) is 6.92 Å². The second-order valence-corrected chi connectivity index (χ2v) is 5.70. The quantitative estimate of drug-likeness (QED) is 0.587. The fourth-order valence-electron chi connectivity index (χ4n) is 2.18. The fraction of sp³-hybridized carbons (Fsp3) is 0.300. The summed E-state index contributed by atoms with van der Waals surface area (Å²) in [7, 11) is 0. The Labute approximate surface area is 148 Å². The van der Waals surface area contributed by atoms with E-state index < -0.39 is 12.1 Å². The molecule has 2 aromatic carbocycles. The summed E-state index contributed by atoms with van der Waals surface area (Å²) in [5.41, 5.74) is 1.67. The molecule has 1 N–H and O–H groups in total. The van der Waals surface area contributed by atoms with Gasteiger partial charge in [0.05, 0.1) is 6.61 Å². The predicted octanol–water partition coefficient (Wildman–Crippen LogP) is 3.72. The van der Waals surface area contributed by atoms with Gasteiger partial charge in [0.2, 0.25) is 0 Å². The van der Waals surface area contributed by atoms with Crippen molar-refractivity contribution in [3.05, 3.63) is 60.2 Å². The molecule has 5 nitrogen and oxygen atoms in total. The first-order valence-electron chi connectivity index (χ1n) is 8.30. The number of ether oxygens (including phenoxy) is 2. The van der Waals surface area contributed by atoms with Crippen LogP contribution in [0.25, 0.3) is 0 Å². The third-order valence-corrected chi connectivity index (χ3v) is 3.62. The minimum Gasteiger partial charge on any atom is -0.494 e. The molecule has 132 valence electrons. The first-order chi connectivity index (χ1) is 12.1. The van der Waals surface area contributed by atoms with Gasteiger partial charge in [-0.05, 0) is 44.0 Å². The lowest BCUT2D eigenvalue weighted by molar-refractivity contribution is -0.153. The molecule has 0 aliphatic heterocycles. The van der Waals surface area contributed by atoms with Crippen molar-refractivity contribution in [2.45, 2.75) is 32.8 Å². The maximum atomic E-state index is 12.1. The molecule has 0 heterocycles. The van der Waals surface area contributed by atoms with E-state index in [1.807, 2.05) is 61.5 Å². The highest BCUT2D eigenvalue weighted by Gasteiger charge is 2.18. The van der Waals surface area contributed by atoms with Gasteiger partial charge in [-0.1, -0.05) is 36.4 Å². The van der Waals surface area contributed by atoms with E-state index in [-0.39, 0.29) is 12.3 Å². The van der Waals surface area contributed by atoms with Gasteiger partial charge in [0.1, 0.15) is 5.75 Å². The van der Waals surface area contributed by atoms with Gasteiger partial charge >= 0.3 is 5.97 Å². The van der Waals surface area contributed by atoms with Crippen LogP contribution in [0.15, 0.2) is 54.6 Å². The van der Waals surface area contributed by atoms with Gasteiger partial charge in [-0.25, -0.2) is 0 Å². The Kier molecular flexibility index (Phi) is 7.01. The molecule has 0 radical (unpaired) electrons. The Morgan fingerprint density at radius 3 is 2.44 bits per heavy atom. The molecule has 1 atom stereocenters. The summed E-state index contributed by atoms with van der Waals surface area (Å²) in [5.74, 6) is 0.00845. The minimum atomic E-state index is -0.845. The van der Waals surface area contributed by atoms with Crippen LogP contribution in [0.2, 0.25) is 0 Å². The van der Waals surface area contributed by atoms with Gasteiger partial charge in [0, 0.05) is 12.1 Å². The molecule has 0 spiro atoms. The Morgan fingerprint density at radius 2 is 1.72 bits per heavy atom. The molecular formula is C20H23NO4. The van der Waals surface area contributed by atoms with Crippen LogP contribution in [0.1, 0.15) is 25.3 Å². The van der Waals surface area contributed by atoms with Crippen LogP contribution >= 0.6 is 0 Å². The van der Waals surface area contributed by atoms with Crippen molar-refractivity contribution in [2.24, 2.45) is 0 Å². The molecule has 2 aromatic rings. The van der Waals surface area contributed by atoms with Crippen LogP contribution in [-0.4, -0.2) is 24.6 Å². The number of rotatable bonds is 8. The van der Waals surface area contributed by atoms with E-state index in [0.717, 1.165) is 11.3 Å². The van der Waals surface area contributed by atoms with E-state index in [1.165, 1.54) is 0 Å². The summed E-state index contributed by atoms with van der Waals surface area (Å²) in [5, 5.41) is 2.76. The molecule has 0 unspecified atom stereocenters. The number of hydrogen-bond acceptors (Lipinski definition) is 4. The Bertz CT molecular complexity index is 700. The minimum absolute atomic E-state index is 0.203. The van der Waals surface area contributed by atoms with Crippen molar-refractivity contribution in [2.75, 3.05) is 11.9 Å². The van der Waals surface area contributed by atoms with Crippen molar-refractivity contribution < 1.29 is 19.1 Å². The highest BCUT2D eigenvalue weighted by molar-refractivity contribution is 5.95. The van der Waals surface area contributed by atoms with Gasteiger partial charge in [-0.3, -0.25) is 9.59 Å². The number of anilines is 1. The van der Waals surface area contributed by atoms with Crippen molar-refractivity contribution >= 4 is 17.6 Å². The van der Waals surface area contributed by atoms with Crippen LogP contribution in [0.4, 0.5) is 5.69 Å². The molecule has 2 rings (SSSR count). The van der Waals surface area contributed by atoms with Crippen LogP contribution < -0.4 is 10.1 Å². The largest absolute Gasteiger partial charge is 0.494 e. The van der Waals surface area contributed by atoms with Crippen molar-refractivity contribution in [3.8, 4) is 5.75 Å². The van der Waals surface area contributed by atoms with Gasteiger partial charge in [-0.15, -0.1) is 0 Å². The monoisotopic (exact) mass is 341 g/mol. The molecule has 5 heteroatoms. The van der Waals surface area contributed by atoms with Crippen LogP contribution in [-0.2, 0) is 14.3 Å². The van der Waals surface area contributed by atoms with Crippen molar-refractivity contribution in [3.63, 3.8) is 0 Å². The highest BCUT2D eigenvalue weighted by Crippen LogP contribution is 2.14. The molecule has 25 heavy (non-hydrogen) atoms. The number of benzene rings is 2. The number of hydrogen-bond donors (Lipinski definition) is 1. The van der Waals surface area contributed by atoms with Crippen LogP contribution in [0.5, 0.6) is 5.75 Å². The number of para-hydroxylation sites is 2. The molecular weight excluding hydrogens is 318 g/mol. The van der Waals surface area contributed by atoms with Gasteiger partial charge in [0.15, 0.2) is 6.10 Å². The lowest BCUT2D eigenvalue weighted by atomic mass is 10.2. The third kappa shape index (κ3) is 6.30. The third-order valence-electron chi connectivity index (χ3n) is 3.62. The van der Waals surface area contributed by atoms with Gasteiger partial charge in [-0.2, -0.15) is 0 Å². The first kappa shape index (κ1) is 18.5. The summed E-state index contributed by atoms with van der Waals surface area (Å²) < 4.78 is 10.7. The van der Waals surface area contributed by atoms with Crippen molar-refractivity contribution in [1.29, 1.82) is 0 Å². The second-order valence-electron chi connectivity index (χ2n) is 5.70. The number of aryl methyl sites for hydroxylation is 1. The normalized spacial score (nSPS) is 11.4. The zero-order valence-electron chi connectivity index (χ0n) is 14.5. The Morgan fingerprint density at radius 1 is 1.04 bits per heavy atom. The number of nitrogens with one attached hydrogen (secondary N) is 1. The molecule has 0 bridgehead atoms. The average Bonchev–Trinajstić information content (AvgIpc) is 2.61. The zero-order valence-corrected chi connectivity index (χ0v) is 14.5. The van der Waals surface area contributed by atoms with Gasteiger partial charge in [0.25, 0.3) is 5.91 Å². The smallest absolute Gasteiger partial charge is 0.306 e. The summed E-state index contributed by atoms with van der Waals surface area (Å²) in [6.07, 6.45) is -0.114. The molecule has 1 amide bonds. The van der Waals surface area contributed by atoms with E-state index in [0.29, 0.717) is 18.7 Å². The molecule has 0 aliphatic carbocycles. The first-order valence-corrected chi connectivity index (χ1v) is 8.30. The standard InChI is InChI=1S/C20H23NO4/c1-15-9-6-7-12-18(15)21-20(23)16(2)25-19(22)13-8-14-24-17-10-4-3-5-11-17/h3-7,9-12,16H,8,13-14H2,1-2H3,(H,21,23)/t16-/m0/s1. The lowest BCUT2D eigenvalue weighted by Gasteiger charge is -2.14. The van der Waals surface area contributed by atoms with Crippen molar-refractivity contribution in [1.82, 2.24) is 0 Å². The van der Waals surface area contributed by atoms with E-state index in [9.17, 15) is 9.59 Å². The van der Waals surface area contributed by atoms with E-state index in [4.69, 9.17) is 9.47 Å². The molecule has 0 fully saturated rings. The predicted molar refractivity (Wildman–Crippen MR) is 96.5 cm³/mol. The number of carbonyl (C=O) groups is 2. The van der Waals surface area contributed by atoms with E-state index >= 15 is 0 Å². The fourth-order valence-corrected chi connectivity index (χ4v) is 2.18. The molecule has 0 aromatic heterocycles. The summed E-state index contributed by atoms with van der Waals surface area (Å²) in [4.78, 5) is 23.9. The average molecular weight is 341 g/mol. The van der Waals surface area contributed by atoms with Crippen LogP contribution in [0.3, 0.4) is 0 Å². The molecule has 0 saturated carbocycles. The Balaban J connectivity index is 1.68. The van der Waals surface area contributed by atoms with Gasteiger partial charge < -0.3 is 14.8 Å². The number of amides is 1. The second kappa shape index (κ2) is 9.47. The zero-order chi connectivity index (χ0) is 18.1. The Hall–Kier alpha value is -2.82. The molecule has 0 saturated heterocycles. The lowest BCUT2D eigenvalue weighted by Crippen LogP contribution is -2.30. The summed E-state index contributed by atoms with van der Waals surface area (Å²) in [6, 6.07) is 16.8. The maximum Gasteiger partial charge on any atom is 0.306 e. The SMILES string of the molecule is Cc1ccccc1NC(=O)[C@H](C)OC(=O)CCCOc1ccccc1. The van der Waals surface area contributed by atoms with Crippen LogP contribution in [0, 0.1) is 6.92 Å². The number of carbonyl (C=O) groups excluding carboxylic acids is 2. The highest BCUT2D eigenvalue weighted by atomic mass is 16.5. The maximum absolute atomic E-state index is 12.1. The molecule has 0 aliphatic rings. The topological polar surface area (TPSA) is 64.6 Å². The summed E-state index contributed by atoms with van der Waals surface area (Å²) in [6.45, 7) is 3.88.